The molecule has 0 radical (unpaired) electrons. The summed E-state index contributed by atoms with van der Waals surface area (Å²) in [5.74, 6) is 0. The SMILES string of the molecule is CNc1cc(S(=O)(=O)NCC(C)(C)OC)ccc1[N+](=O)[O-]. The summed E-state index contributed by atoms with van der Waals surface area (Å²) in [6.45, 7) is 3.56. The van der Waals surface area contributed by atoms with Crippen LogP contribution in [0.15, 0.2) is 23.1 Å². The molecule has 9 heteroatoms. The Labute approximate surface area is 123 Å². The second-order valence-electron chi connectivity index (χ2n) is 4.97. The van der Waals surface area contributed by atoms with E-state index in [-0.39, 0.29) is 22.8 Å². The number of anilines is 1. The molecule has 1 aromatic carbocycles. The molecule has 0 unspecified atom stereocenters. The van der Waals surface area contributed by atoms with E-state index in [0.29, 0.717) is 0 Å². The predicted molar refractivity (Wildman–Crippen MR) is 78.9 cm³/mol. The number of nitro benzene ring substituents is 1. The fraction of sp³-hybridized carbons (Fsp3) is 0.500. The van der Waals surface area contributed by atoms with E-state index in [1.807, 2.05) is 0 Å². The Bertz CT molecular complexity index is 628. The van der Waals surface area contributed by atoms with Gasteiger partial charge in [0.1, 0.15) is 5.69 Å². The van der Waals surface area contributed by atoms with Crippen LogP contribution in [0.1, 0.15) is 13.8 Å². The average Bonchev–Trinajstić information content (AvgIpc) is 2.44. The Morgan fingerprint density at radius 2 is 2.00 bits per heavy atom. The summed E-state index contributed by atoms with van der Waals surface area (Å²) >= 11 is 0. The van der Waals surface area contributed by atoms with Gasteiger partial charge in [0.25, 0.3) is 5.69 Å². The van der Waals surface area contributed by atoms with Crippen molar-refractivity contribution in [3.05, 3.63) is 28.3 Å². The minimum absolute atomic E-state index is 0.0515. The van der Waals surface area contributed by atoms with Gasteiger partial charge in [-0.1, -0.05) is 0 Å². The van der Waals surface area contributed by atoms with Crippen molar-refractivity contribution in [3.63, 3.8) is 0 Å². The van der Waals surface area contributed by atoms with Gasteiger partial charge in [0.05, 0.1) is 15.4 Å². The Hall–Kier alpha value is -1.71. The van der Waals surface area contributed by atoms with Gasteiger partial charge in [0.2, 0.25) is 10.0 Å². The van der Waals surface area contributed by atoms with Gasteiger partial charge in [0, 0.05) is 26.8 Å². The number of hydrogen-bond donors (Lipinski definition) is 2. The van der Waals surface area contributed by atoms with Crippen molar-refractivity contribution in [2.45, 2.75) is 24.3 Å². The van der Waals surface area contributed by atoms with E-state index < -0.39 is 20.5 Å². The van der Waals surface area contributed by atoms with Crippen molar-refractivity contribution in [1.29, 1.82) is 0 Å². The molecule has 0 saturated heterocycles. The maximum Gasteiger partial charge on any atom is 0.292 e. The quantitative estimate of drug-likeness (QED) is 0.580. The fourth-order valence-corrected chi connectivity index (χ4v) is 2.69. The predicted octanol–water partition coefficient (Wildman–Crippen LogP) is 1.34. The molecule has 0 atom stereocenters. The summed E-state index contributed by atoms with van der Waals surface area (Å²) in [5.41, 5.74) is -0.706. The highest BCUT2D eigenvalue weighted by molar-refractivity contribution is 7.89. The van der Waals surface area contributed by atoms with Gasteiger partial charge in [0.15, 0.2) is 0 Å². The molecule has 1 rings (SSSR count). The molecule has 8 nitrogen and oxygen atoms in total. The maximum atomic E-state index is 12.2. The van der Waals surface area contributed by atoms with Gasteiger partial charge in [-0.25, -0.2) is 13.1 Å². The standard InChI is InChI=1S/C12H19N3O5S/c1-12(2,20-4)8-14-21(18,19)9-5-6-11(15(16)17)10(7-9)13-3/h5-7,13-14H,8H2,1-4H3. The van der Waals surface area contributed by atoms with Crippen LogP contribution in [0.5, 0.6) is 0 Å². The Kier molecular flexibility index (Phi) is 5.26. The van der Waals surface area contributed by atoms with Crippen LogP contribution in [-0.2, 0) is 14.8 Å². The molecule has 0 aliphatic heterocycles. The molecule has 0 heterocycles. The Balaban J connectivity index is 3.07. The number of hydrogen-bond acceptors (Lipinski definition) is 6. The smallest absolute Gasteiger partial charge is 0.292 e. The largest absolute Gasteiger partial charge is 0.383 e. The third-order valence-electron chi connectivity index (χ3n) is 2.98. The zero-order valence-electron chi connectivity index (χ0n) is 12.3. The van der Waals surface area contributed by atoms with Crippen LogP contribution in [-0.4, -0.2) is 39.6 Å². The molecule has 2 N–H and O–H groups in total. The van der Waals surface area contributed by atoms with Crippen molar-refractivity contribution < 1.29 is 18.1 Å². The molecule has 1 aromatic rings. The summed E-state index contributed by atoms with van der Waals surface area (Å²) in [4.78, 5) is 10.2. The highest BCUT2D eigenvalue weighted by Gasteiger charge is 2.23. The molecular formula is C12H19N3O5S. The van der Waals surface area contributed by atoms with Crippen molar-refractivity contribution >= 4 is 21.4 Å². The molecule has 0 amide bonds. The molecule has 0 aromatic heterocycles. The highest BCUT2D eigenvalue weighted by atomic mass is 32.2. The van der Waals surface area contributed by atoms with E-state index >= 15 is 0 Å². The monoisotopic (exact) mass is 317 g/mol. The number of rotatable bonds is 7. The van der Waals surface area contributed by atoms with Crippen LogP contribution >= 0.6 is 0 Å². The number of sulfonamides is 1. The minimum Gasteiger partial charge on any atom is -0.383 e. The molecular weight excluding hydrogens is 298 g/mol. The molecule has 0 aliphatic carbocycles. The van der Waals surface area contributed by atoms with Gasteiger partial charge in [-0.2, -0.15) is 0 Å². The molecule has 0 aliphatic rings. The fourth-order valence-electron chi connectivity index (χ4n) is 1.47. The van der Waals surface area contributed by atoms with Crippen LogP contribution in [0.4, 0.5) is 11.4 Å². The third kappa shape index (κ3) is 4.38. The lowest BCUT2D eigenvalue weighted by atomic mass is 10.1. The lowest BCUT2D eigenvalue weighted by Crippen LogP contribution is -2.39. The number of benzene rings is 1. The number of nitrogens with zero attached hydrogens (tertiary/aromatic N) is 1. The van der Waals surface area contributed by atoms with Crippen molar-refractivity contribution in [2.24, 2.45) is 0 Å². The zero-order valence-corrected chi connectivity index (χ0v) is 13.2. The second-order valence-corrected chi connectivity index (χ2v) is 6.74. The number of nitrogens with one attached hydrogen (secondary N) is 2. The van der Waals surface area contributed by atoms with E-state index in [2.05, 4.69) is 10.0 Å². The molecule has 0 bridgehead atoms. The first-order valence-corrected chi connectivity index (χ1v) is 7.62. The molecule has 21 heavy (non-hydrogen) atoms. The summed E-state index contributed by atoms with van der Waals surface area (Å²) in [5, 5.41) is 13.4. The first kappa shape index (κ1) is 17.3. The average molecular weight is 317 g/mol. The molecule has 0 spiro atoms. The van der Waals surface area contributed by atoms with Gasteiger partial charge < -0.3 is 10.1 Å². The second kappa shape index (κ2) is 6.37. The van der Waals surface area contributed by atoms with Gasteiger partial charge in [-0.15, -0.1) is 0 Å². The van der Waals surface area contributed by atoms with Crippen LogP contribution < -0.4 is 10.0 Å². The van der Waals surface area contributed by atoms with Crippen LogP contribution in [0, 0.1) is 10.1 Å². The zero-order chi connectivity index (χ0) is 16.3. The third-order valence-corrected chi connectivity index (χ3v) is 4.38. The van der Waals surface area contributed by atoms with Gasteiger partial charge in [-0.05, 0) is 26.0 Å². The highest BCUT2D eigenvalue weighted by Crippen LogP contribution is 2.26. The summed E-state index contributed by atoms with van der Waals surface area (Å²) in [7, 11) is -0.800. The Morgan fingerprint density at radius 3 is 2.48 bits per heavy atom. The van der Waals surface area contributed by atoms with Crippen LogP contribution in [0.2, 0.25) is 0 Å². The number of ether oxygens (including phenoxy) is 1. The summed E-state index contributed by atoms with van der Waals surface area (Å²) < 4.78 is 31.9. The van der Waals surface area contributed by atoms with Crippen LogP contribution in [0.3, 0.4) is 0 Å². The van der Waals surface area contributed by atoms with Crippen molar-refractivity contribution in [2.75, 3.05) is 26.0 Å². The van der Waals surface area contributed by atoms with E-state index in [4.69, 9.17) is 4.74 Å². The van der Waals surface area contributed by atoms with Crippen molar-refractivity contribution in [1.82, 2.24) is 4.72 Å². The lowest BCUT2D eigenvalue weighted by molar-refractivity contribution is -0.384. The van der Waals surface area contributed by atoms with E-state index in [1.165, 1.54) is 26.3 Å². The van der Waals surface area contributed by atoms with Gasteiger partial charge >= 0.3 is 0 Å². The van der Waals surface area contributed by atoms with Crippen LogP contribution in [0.25, 0.3) is 0 Å². The first-order chi connectivity index (χ1) is 9.63. The van der Waals surface area contributed by atoms with Gasteiger partial charge in [-0.3, -0.25) is 10.1 Å². The summed E-state index contributed by atoms with van der Waals surface area (Å²) in [6, 6.07) is 3.57. The number of methoxy groups -OCH3 is 1. The number of nitro groups is 1. The molecule has 118 valence electrons. The van der Waals surface area contributed by atoms with E-state index in [1.54, 1.807) is 13.8 Å². The van der Waals surface area contributed by atoms with E-state index in [9.17, 15) is 18.5 Å². The topological polar surface area (TPSA) is 111 Å². The summed E-state index contributed by atoms with van der Waals surface area (Å²) in [6.07, 6.45) is 0. The molecule has 0 fully saturated rings. The first-order valence-electron chi connectivity index (χ1n) is 6.14. The normalized spacial score (nSPS) is 12.2. The lowest BCUT2D eigenvalue weighted by Gasteiger charge is -2.23. The van der Waals surface area contributed by atoms with E-state index in [0.717, 1.165) is 6.07 Å². The minimum atomic E-state index is -3.77. The maximum absolute atomic E-state index is 12.2. The molecule has 0 saturated carbocycles. The Morgan fingerprint density at radius 1 is 1.38 bits per heavy atom. The van der Waals surface area contributed by atoms with Crippen molar-refractivity contribution in [3.8, 4) is 0 Å².